The van der Waals surface area contributed by atoms with E-state index in [1.165, 1.54) is 19.3 Å². The molecule has 1 rings (SSSR count). The molecule has 0 aliphatic heterocycles. The average Bonchev–Trinajstić information content (AvgIpc) is 2.43. The number of ether oxygens (including phenoxy) is 1. The lowest BCUT2D eigenvalue weighted by Crippen LogP contribution is -2.32. The maximum absolute atomic E-state index is 12.2. The van der Waals surface area contributed by atoms with Crippen molar-refractivity contribution in [3.63, 3.8) is 0 Å². The maximum atomic E-state index is 12.2. The van der Waals surface area contributed by atoms with Crippen molar-refractivity contribution >= 4 is 21.8 Å². The van der Waals surface area contributed by atoms with Crippen molar-refractivity contribution in [1.82, 2.24) is 5.32 Å². The molecule has 0 fully saturated rings. The monoisotopic (exact) mass is 341 g/mol. The van der Waals surface area contributed by atoms with Gasteiger partial charge in [-0.2, -0.15) is 0 Å². The van der Waals surface area contributed by atoms with Gasteiger partial charge in [0.2, 0.25) is 0 Å². The molecule has 1 N–H and O–H groups in total. The molecule has 1 amide bonds. The Morgan fingerprint density at radius 2 is 2.10 bits per heavy atom. The molecule has 112 valence electrons. The molecule has 1 aromatic carbocycles. The van der Waals surface area contributed by atoms with Crippen molar-refractivity contribution in [3.05, 3.63) is 28.2 Å². The van der Waals surface area contributed by atoms with Crippen LogP contribution >= 0.6 is 15.9 Å². The lowest BCUT2D eigenvalue weighted by molar-refractivity contribution is 0.0935. The van der Waals surface area contributed by atoms with E-state index in [1.807, 2.05) is 6.07 Å². The van der Waals surface area contributed by atoms with Crippen LogP contribution in [-0.4, -0.2) is 19.1 Å². The molecular formula is C16H24BrNO2. The van der Waals surface area contributed by atoms with Gasteiger partial charge in [0.05, 0.1) is 12.7 Å². The first-order valence-electron chi connectivity index (χ1n) is 7.22. The second kappa shape index (κ2) is 9.01. The summed E-state index contributed by atoms with van der Waals surface area (Å²) in [6, 6.07) is 5.62. The Bertz CT molecular complexity index is 434. The van der Waals surface area contributed by atoms with Crippen LogP contribution in [-0.2, 0) is 0 Å². The standard InChI is InChI=1S/C16H24BrNO2/c1-4-5-6-7-8-12(2)18-16(19)14-10-9-13(17)11-15(14)20-3/h9-12H,4-8H2,1-3H3,(H,18,19). The summed E-state index contributed by atoms with van der Waals surface area (Å²) >= 11 is 3.37. The normalized spacial score (nSPS) is 12.0. The van der Waals surface area contributed by atoms with E-state index in [9.17, 15) is 4.79 Å². The predicted molar refractivity (Wildman–Crippen MR) is 86.4 cm³/mol. The van der Waals surface area contributed by atoms with Crippen LogP contribution in [0.2, 0.25) is 0 Å². The Kier molecular flexibility index (Phi) is 7.67. The van der Waals surface area contributed by atoms with Crippen molar-refractivity contribution < 1.29 is 9.53 Å². The van der Waals surface area contributed by atoms with Gasteiger partial charge < -0.3 is 10.1 Å². The van der Waals surface area contributed by atoms with E-state index in [0.717, 1.165) is 17.3 Å². The van der Waals surface area contributed by atoms with Gasteiger partial charge in [0.1, 0.15) is 5.75 Å². The molecule has 0 aromatic heterocycles. The number of benzene rings is 1. The van der Waals surface area contributed by atoms with Crippen LogP contribution in [0.4, 0.5) is 0 Å². The summed E-state index contributed by atoms with van der Waals surface area (Å²) in [5.74, 6) is 0.521. The largest absolute Gasteiger partial charge is 0.496 e. The zero-order valence-electron chi connectivity index (χ0n) is 12.5. The van der Waals surface area contributed by atoms with Gasteiger partial charge in [0, 0.05) is 10.5 Å². The summed E-state index contributed by atoms with van der Waals surface area (Å²) in [4.78, 5) is 12.2. The molecule has 0 radical (unpaired) electrons. The number of amides is 1. The van der Waals surface area contributed by atoms with E-state index in [-0.39, 0.29) is 11.9 Å². The van der Waals surface area contributed by atoms with Crippen LogP contribution in [0.5, 0.6) is 5.75 Å². The van der Waals surface area contributed by atoms with Crippen LogP contribution < -0.4 is 10.1 Å². The molecule has 3 nitrogen and oxygen atoms in total. The first-order valence-corrected chi connectivity index (χ1v) is 8.02. The molecule has 0 saturated carbocycles. The first-order chi connectivity index (χ1) is 9.58. The number of rotatable bonds is 8. The van der Waals surface area contributed by atoms with E-state index >= 15 is 0 Å². The fraction of sp³-hybridized carbons (Fsp3) is 0.562. The fourth-order valence-electron chi connectivity index (χ4n) is 2.10. The lowest BCUT2D eigenvalue weighted by atomic mass is 10.1. The Balaban J connectivity index is 2.53. The van der Waals surface area contributed by atoms with Gasteiger partial charge in [-0.05, 0) is 31.5 Å². The molecule has 1 unspecified atom stereocenters. The molecule has 0 saturated heterocycles. The van der Waals surface area contributed by atoms with Crippen LogP contribution in [0.25, 0.3) is 0 Å². The fourth-order valence-corrected chi connectivity index (χ4v) is 2.44. The van der Waals surface area contributed by atoms with Crippen molar-refractivity contribution in [2.24, 2.45) is 0 Å². The Morgan fingerprint density at radius 1 is 1.35 bits per heavy atom. The van der Waals surface area contributed by atoms with Crippen LogP contribution in [0.1, 0.15) is 56.3 Å². The maximum Gasteiger partial charge on any atom is 0.255 e. The van der Waals surface area contributed by atoms with Gasteiger partial charge in [-0.15, -0.1) is 0 Å². The molecule has 1 aromatic rings. The average molecular weight is 342 g/mol. The summed E-state index contributed by atoms with van der Waals surface area (Å²) in [6.07, 6.45) is 5.91. The highest BCUT2D eigenvalue weighted by atomic mass is 79.9. The Morgan fingerprint density at radius 3 is 2.75 bits per heavy atom. The summed E-state index contributed by atoms with van der Waals surface area (Å²) in [5.41, 5.74) is 0.580. The van der Waals surface area contributed by atoms with E-state index in [2.05, 4.69) is 35.1 Å². The number of hydrogen-bond donors (Lipinski definition) is 1. The number of unbranched alkanes of at least 4 members (excludes halogenated alkanes) is 3. The van der Waals surface area contributed by atoms with Gasteiger partial charge >= 0.3 is 0 Å². The van der Waals surface area contributed by atoms with Crippen molar-refractivity contribution in [2.45, 2.75) is 52.0 Å². The summed E-state index contributed by atoms with van der Waals surface area (Å²) in [6.45, 7) is 4.25. The minimum atomic E-state index is -0.0719. The zero-order chi connectivity index (χ0) is 15.0. The molecule has 0 spiro atoms. The van der Waals surface area contributed by atoms with Crippen molar-refractivity contribution in [1.29, 1.82) is 0 Å². The van der Waals surface area contributed by atoms with Gasteiger partial charge in [-0.3, -0.25) is 4.79 Å². The SMILES string of the molecule is CCCCCCC(C)NC(=O)c1ccc(Br)cc1OC. The first kappa shape index (κ1) is 17.0. The topological polar surface area (TPSA) is 38.3 Å². The Hall–Kier alpha value is -1.03. The third kappa shape index (κ3) is 5.53. The highest BCUT2D eigenvalue weighted by Gasteiger charge is 2.14. The molecule has 1 atom stereocenters. The summed E-state index contributed by atoms with van der Waals surface area (Å²) in [5, 5.41) is 3.03. The van der Waals surface area contributed by atoms with E-state index in [0.29, 0.717) is 11.3 Å². The van der Waals surface area contributed by atoms with E-state index in [1.54, 1.807) is 19.2 Å². The van der Waals surface area contributed by atoms with Crippen LogP contribution in [0.3, 0.4) is 0 Å². The van der Waals surface area contributed by atoms with Gasteiger partial charge in [-0.25, -0.2) is 0 Å². The summed E-state index contributed by atoms with van der Waals surface area (Å²) < 4.78 is 6.15. The highest BCUT2D eigenvalue weighted by Crippen LogP contribution is 2.23. The molecule has 0 heterocycles. The van der Waals surface area contributed by atoms with E-state index < -0.39 is 0 Å². The second-order valence-corrected chi connectivity index (χ2v) is 5.98. The highest BCUT2D eigenvalue weighted by molar-refractivity contribution is 9.10. The predicted octanol–water partition coefficient (Wildman–Crippen LogP) is 4.55. The van der Waals surface area contributed by atoms with Gasteiger partial charge in [-0.1, -0.05) is 48.5 Å². The van der Waals surface area contributed by atoms with Gasteiger partial charge in [0.15, 0.2) is 0 Å². The minimum Gasteiger partial charge on any atom is -0.496 e. The van der Waals surface area contributed by atoms with Crippen molar-refractivity contribution in [2.75, 3.05) is 7.11 Å². The molecule has 0 aliphatic carbocycles. The second-order valence-electron chi connectivity index (χ2n) is 5.07. The Labute approximate surface area is 130 Å². The lowest BCUT2D eigenvalue weighted by Gasteiger charge is -2.15. The number of carbonyl (C=O) groups is 1. The third-order valence-electron chi connectivity index (χ3n) is 3.28. The smallest absolute Gasteiger partial charge is 0.255 e. The van der Waals surface area contributed by atoms with Crippen molar-refractivity contribution in [3.8, 4) is 5.75 Å². The molecule has 20 heavy (non-hydrogen) atoms. The number of carbonyl (C=O) groups excluding carboxylic acids is 1. The van der Waals surface area contributed by atoms with Crippen LogP contribution in [0, 0.1) is 0 Å². The van der Waals surface area contributed by atoms with Crippen LogP contribution in [0.15, 0.2) is 22.7 Å². The summed E-state index contributed by atoms with van der Waals surface area (Å²) in [7, 11) is 1.58. The molecule has 0 aliphatic rings. The quantitative estimate of drug-likeness (QED) is 0.704. The van der Waals surface area contributed by atoms with Gasteiger partial charge in [0.25, 0.3) is 5.91 Å². The minimum absolute atomic E-state index is 0.0719. The molecule has 4 heteroatoms. The number of halogens is 1. The number of nitrogens with one attached hydrogen (secondary N) is 1. The third-order valence-corrected chi connectivity index (χ3v) is 3.77. The molecule has 0 bridgehead atoms. The number of methoxy groups -OCH3 is 1. The zero-order valence-corrected chi connectivity index (χ0v) is 14.1. The van der Waals surface area contributed by atoms with E-state index in [4.69, 9.17) is 4.74 Å². The molecular weight excluding hydrogens is 318 g/mol. The number of hydrogen-bond acceptors (Lipinski definition) is 2.